The Morgan fingerprint density at radius 3 is 2.55 bits per heavy atom. The Morgan fingerprint density at radius 1 is 1.25 bits per heavy atom. The molecule has 20 heavy (non-hydrogen) atoms. The monoisotopic (exact) mass is 291 g/mol. The molecule has 0 aliphatic rings. The molecule has 0 bridgehead atoms. The van der Waals surface area contributed by atoms with Crippen molar-refractivity contribution in [2.24, 2.45) is 0 Å². The number of ether oxygens (including phenoxy) is 1. The van der Waals surface area contributed by atoms with Crippen LogP contribution in [0.2, 0.25) is 5.02 Å². The molecule has 2 N–H and O–H groups in total. The van der Waals surface area contributed by atoms with E-state index in [9.17, 15) is 4.79 Å². The highest BCUT2D eigenvalue weighted by molar-refractivity contribution is 6.30. The van der Waals surface area contributed by atoms with Crippen molar-refractivity contribution in [3.63, 3.8) is 0 Å². The second-order valence-electron chi connectivity index (χ2n) is 4.19. The van der Waals surface area contributed by atoms with Gasteiger partial charge in [0.15, 0.2) is 0 Å². The Morgan fingerprint density at radius 2 is 1.95 bits per heavy atom. The van der Waals surface area contributed by atoms with E-state index in [2.05, 4.69) is 5.32 Å². The van der Waals surface area contributed by atoms with Crippen molar-refractivity contribution in [3.05, 3.63) is 58.6 Å². The Bertz CT molecular complexity index is 611. The third kappa shape index (κ3) is 3.42. The van der Waals surface area contributed by atoms with Gasteiger partial charge in [-0.25, -0.2) is 4.79 Å². The average molecular weight is 292 g/mol. The maximum atomic E-state index is 10.8. The van der Waals surface area contributed by atoms with Gasteiger partial charge in [0.05, 0.1) is 12.7 Å². The molecule has 0 saturated carbocycles. The highest BCUT2D eigenvalue weighted by Crippen LogP contribution is 2.23. The van der Waals surface area contributed by atoms with Gasteiger partial charge in [-0.05, 0) is 42.5 Å². The van der Waals surface area contributed by atoms with Gasteiger partial charge in [-0.1, -0.05) is 11.6 Å². The van der Waals surface area contributed by atoms with E-state index < -0.39 is 5.97 Å². The molecule has 0 aromatic heterocycles. The van der Waals surface area contributed by atoms with Gasteiger partial charge in [-0.2, -0.15) is 0 Å². The first-order valence-electron chi connectivity index (χ1n) is 6.00. The van der Waals surface area contributed by atoms with Crippen LogP contribution in [0.5, 0.6) is 5.75 Å². The lowest BCUT2D eigenvalue weighted by Crippen LogP contribution is -2.02. The topological polar surface area (TPSA) is 58.6 Å². The van der Waals surface area contributed by atoms with E-state index in [1.165, 1.54) is 0 Å². The van der Waals surface area contributed by atoms with Gasteiger partial charge in [0.1, 0.15) is 5.75 Å². The SMILES string of the molecule is COc1ccc(Cl)cc1CNc1ccc(C(=O)O)cc1. The lowest BCUT2D eigenvalue weighted by molar-refractivity contribution is 0.0697. The molecule has 0 aliphatic carbocycles. The fraction of sp³-hybridized carbons (Fsp3) is 0.133. The number of hydrogen-bond acceptors (Lipinski definition) is 3. The summed E-state index contributed by atoms with van der Waals surface area (Å²) in [4.78, 5) is 10.8. The van der Waals surface area contributed by atoms with Crippen molar-refractivity contribution >= 4 is 23.3 Å². The lowest BCUT2D eigenvalue weighted by Gasteiger charge is -2.11. The fourth-order valence-electron chi connectivity index (χ4n) is 1.81. The molecule has 2 rings (SSSR count). The quantitative estimate of drug-likeness (QED) is 0.882. The smallest absolute Gasteiger partial charge is 0.335 e. The van der Waals surface area contributed by atoms with Crippen LogP contribution >= 0.6 is 11.6 Å². The first-order valence-corrected chi connectivity index (χ1v) is 6.37. The Balaban J connectivity index is 2.08. The van der Waals surface area contributed by atoms with Gasteiger partial charge < -0.3 is 15.2 Å². The van der Waals surface area contributed by atoms with Crippen LogP contribution in [-0.4, -0.2) is 18.2 Å². The van der Waals surface area contributed by atoms with Crippen LogP contribution in [0, 0.1) is 0 Å². The van der Waals surface area contributed by atoms with Gasteiger partial charge in [-0.3, -0.25) is 0 Å². The van der Waals surface area contributed by atoms with Gasteiger partial charge in [0.2, 0.25) is 0 Å². The van der Waals surface area contributed by atoms with Crippen LogP contribution in [-0.2, 0) is 6.54 Å². The van der Waals surface area contributed by atoms with Crippen molar-refractivity contribution < 1.29 is 14.6 Å². The Labute approximate surface area is 122 Å². The zero-order chi connectivity index (χ0) is 14.5. The van der Waals surface area contributed by atoms with E-state index in [1.807, 2.05) is 12.1 Å². The molecule has 0 amide bonds. The molecule has 0 heterocycles. The summed E-state index contributed by atoms with van der Waals surface area (Å²) in [5, 5.41) is 12.7. The predicted molar refractivity (Wildman–Crippen MR) is 78.7 cm³/mol. The molecular formula is C15H14ClNO3. The minimum absolute atomic E-state index is 0.260. The van der Waals surface area contributed by atoms with E-state index in [4.69, 9.17) is 21.4 Å². The number of benzene rings is 2. The second-order valence-corrected chi connectivity index (χ2v) is 4.63. The number of hydrogen-bond donors (Lipinski definition) is 2. The largest absolute Gasteiger partial charge is 0.496 e. The summed E-state index contributed by atoms with van der Waals surface area (Å²) in [6.45, 7) is 0.538. The van der Waals surface area contributed by atoms with Crippen LogP contribution in [0.15, 0.2) is 42.5 Å². The number of anilines is 1. The van der Waals surface area contributed by atoms with Gasteiger partial charge in [-0.15, -0.1) is 0 Å². The number of carbonyl (C=O) groups is 1. The number of carboxylic acid groups (broad SMARTS) is 1. The zero-order valence-corrected chi connectivity index (χ0v) is 11.6. The average Bonchev–Trinajstić information content (AvgIpc) is 2.45. The van der Waals surface area contributed by atoms with Crippen molar-refractivity contribution in [2.75, 3.05) is 12.4 Å². The number of methoxy groups -OCH3 is 1. The van der Waals surface area contributed by atoms with Crippen molar-refractivity contribution in [1.29, 1.82) is 0 Å². The van der Waals surface area contributed by atoms with Crippen molar-refractivity contribution in [1.82, 2.24) is 0 Å². The molecule has 5 heteroatoms. The summed E-state index contributed by atoms with van der Waals surface area (Å²) in [6, 6.07) is 12.0. The molecule has 0 spiro atoms. The number of nitrogens with one attached hydrogen (secondary N) is 1. The maximum Gasteiger partial charge on any atom is 0.335 e. The van der Waals surface area contributed by atoms with E-state index in [-0.39, 0.29) is 5.56 Å². The Kier molecular flexibility index (Phi) is 4.48. The van der Waals surface area contributed by atoms with Gasteiger partial charge in [0.25, 0.3) is 0 Å². The van der Waals surface area contributed by atoms with Gasteiger partial charge in [0, 0.05) is 22.8 Å². The fourth-order valence-corrected chi connectivity index (χ4v) is 2.01. The first-order chi connectivity index (χ1) is 9.60. The van der Waals surface area contributed by atoms with E-state index in [0.29, 0.717) is 11.6 Å². The summed E-state index contributed by atoms with van der Waals surface area (Å²) in [5.41, 5.74) is 2.02. The minimum Gasteiger partial charge on any atom is -0.496 e. The number of rotatable bonds is 5. The summed E-state index contributed by atoms with van der Waals surface area (Å²) >= 11 is 5.96. The molecule has 4 nitrogen and oxygen atoms in total. The number of halogens is 1. The third-order valence-electron chi connectivity index (χ3n) is 2.86. The normalized spacial score (nSPS) is 10.1. The van der Waals surface area contributed by atoms with E-state index in [0.717, 1.165) is 17.0 Å². The zero-order valence-electron chi connectivity index (χ0n) is 10.9. The van der Waals surface area contributed by atoms with Crippen LogP contribution in [0.4, 0.5) is 5.69 Å². The number of carboxylic acids is 1. The van der Waals surface area contributed by atoms with Crippen LogP contribution < -0.4 is 10.1 Å². The van der Waals surface area contributed by atoms with Crippen LogP contribution in [0.25, 0.3) is 0 Å². The molecule has 0 atom stereocenters. The molecule has 0 radical (unpaired) electrons. The summed E-state index contributed by atoms with van der Waals surface area (Å²) in [6.07, 6.45) is 0. The summed E-state index contributed by atoms with van der Waals surface area (Å²) in [7, 11) is 1.61. The molecule has 0 aliphatic heterocycles. The molecule has 2 aromatic rings. The van der Waals surface area contributed by atoms with E-state index >= 15 is 0 Å². The summed E-state index contributed by atoms with van der Waals surface area (Å²) in [5.74, 6) is -0.183. The summed E-state index contributed by atoms with van der Waals surface area (Å²) < 4.78 is 5.26. The van der Waals surface area contributed by atoms with Crippen LogP contribution in [0.3, 0.4) is 0 Å². The minimum atomic E-state index is -0.937. The van der Waals surface area contributed by atoms with E-state index in [1.54, 1.807) is 37.4 Å². The highest BCUT2D eigenvalue weighted by Gasteiger charge is 2.05. The first kappa shape index (κ1) is 14.2. The molecular weight excluding hydrogens is 278 g/mol. The maximum absolute atomic E-state index is 10.8. The molecule has 2 aromatic carbocycles. The van der Waals surface area contributed by atoms with Crippen LogP contribution in [0.1, 0.15) is 15.9 Å². The third-order valence-corrected chi connectivity index (χ3v) is 3.09. The second kappa shape index (κ2) is 6.30. The van der Waals surface area contributed by atoms with Crippen molar-refractivity contribution in [3.8, 4) is 5.75 Å². The number of aromatic carboxylic acids is 1. The Hall–Kier alpha value is -2.20. The predicted octanol–water partition coefficient (Wildman–Crippen LogP) is 3.66. The van der Waals surface area contributed by atoms with Gasteiger partial charge >= 0.3 is 5.97 Å². The lowest BCUT2D eigenvalue weighted by atomic mass is 10.1. The molecule has 104 valence electrons. The molecule has 0 saturated heterocycles. The highest BCUT2D eigenvalue weighted by atomic mass is 35.5. The molecule has 0 unspecified atom stereocenters. The standard InChI is InChI=1S/C15H14ClNO3/c1-20-14-7-4-12(16)8-11(14)9-17-13-5-2-10(3-6-13)15(18)19/h2-8,17H,9H2,1H3,(H,18,19). The molecule has 0 fully saturated rings. The van der Waals surface area contributed by atoms with Crippen molar-refractivity contribution in [2.45, 2.75) is 6.54 Å².